The minimum absolute atomic E-state index is 0.0935. The molecule has 1 aromatic heterocycles. The summed E-state index contributed by atoms with van der Waals surface area (Å²) >= 11 is 2.07. The molecule has 2 aromatic carbocycles. The Morgan fingerprint density at radius 3 is 2.96 bits per heavy atom. The molecule has 1 unspecified atom stereocenters. The lowest BCUT2D eigenvalue weighted by molar-refractivity contribution is 0.0729. The van der Waals surface area contributed by atoms with Crippen molar-refractivity contribution in [2.75, 3.05) is 6.54 Å². The van der Waals surface area contributed by atoms with Gasteiger partial charge in [-0.2, -0.15) is 0 Å². The first-order chi connectivity index (χ1) is 11.6. The Morgan fingerprint density at radius 2 is 2.12 bits per heavy atom. The number of likely N-dealkylation sites (tertiary alicyclic amines) is 1. The number of carbonyl (C=O) groups is 1. The zero-order chi connectivity index (χ0) is 16.7. The molecule has 0 bridgehead atoms. The maximum absolute atomic E-state index is 13.6. The number of rotatable bonds is 2. The van der Waals surface area contributed by atoms with Crippen molar-refractivity contribution in [3.63, 3.8) is 0 Å². The molecule has 4 nitrogen and oxygen atoms in total. The zero-order valence-electron chi connectivity index (χ0n) is 12.8. The summed E-state index contributed by atoms with van der Waals surface area (Å²) in [4.78, 5) is 22.7. The van der Waals surface area contributed by atoms with Crippen molar-refractivity contribution < 1.29 is 9.18 Å². The van der Waals surface area contributed by atoms with E-state index in [1.807, 2.05) is 24.3 Å². The number of carbonyl (C=O) groups excluding carboxylic acids is 1. The van der Waals surface area contributed by atoms with Crippen LogP contribution in [-0.2, 0) is 0 Å². The summed E-state index contributed by atoms with van der Waals surface area (Å²) in [5.74, 6) is 0.272. The van der Waals surface area contributed by atoms with Crippen molar-refractivity contribution in [2.24, 2.45) is 0 Å². The molecule has 24 heavy (non-hydrogen) atoms. The van der Waals surface area contributed by atoms with E-state index in [1.165, 1.54) is 12.1 Å². The molecule has 1 N–H and O–H groups in total. The minimum Gasteiger partial charge on any atom is -0.340 e. The molecule has 1 aliphatic rings. The van der Waals surface area contributed by atoms with E-state index in [0.717, 1.165) is 33.3 Å². The SMILES string of the molecule is O=C(c1cc(F)ccc1I)N1CCCC1c1nc2ccccc2[nH]1. The molecule has 1 aliphatic heterocycles. The molecule has 0 aliphatic carbocycles. The summed E-state index contributed by atoms with van der Waals surface area (Å²) in [6.45, 7) is 0.660. The summed E-state index contributed by atoms with van der Waals surface area (Å²) in [6.07, 6.45) is 1.77. The van der Waals surface area contributed by atoms with E-state index in [4.69, 9.17) is 0 Å². The average molecular weight is 435 g/mol. The predicted molar refractivity (Wildman–Crippen MR) is 98.2 cm³/mol. The van der Waals surface area contributed by atoms with Crippen LogP contribution in [0.1, 0.15) is 35.1 Å². The van der Waals surface area contributed by atoms with Gasteiger partial charge < -0.3 is 9.88 Å². The Hall–Kier alpha value is -1.96. The van der Waals surface area contributed by atoms with Gasteiger partial charge in [-0.15, -0.1) is 0 Å². The molecule has 1 fully saturated rings. The molecular formula is C18H15FIN3O. The first-order valence-electron chi connectivity index (χ1n) is 7.84. The molecule has 122 valence electrons. The second-order valence-electron chi connectivity index (χ2n) is 5.92. The molecule has 3 aromatic rings. The number of para-hydroxylation sites is 2. The fourth-order valence-corrected chi connectivity index (χ4v) is 3.81. The van der Waals surface area contributed by atoms with Crippen LogP contribution in [0.2, 0.25) is 0 Å². The highest BCUT2D eigenvalue weighted by atomic mass is 127. The number of halogens is 2. The number of hydrogen-bond acceptors (Lipinski definition) is 2. The molecule has 2 heterocycles. The maximum atomic E-state index is 13.6. The fraction of sp³-hybridized carbons (Fsp3) is 0.222. The Bertz CT molecular complexity index is 891. The van der Waals surface area contributed by atoms with Gasteiger partial charge in [-0.25, -0.2) is 9.37 Å². The second-order valence-corrected chi connectivity index (χ2v) is 7.08. The number of nitrogens with zero attached hydrogens (tertiary/aromatic N) is 2. The number of amides is 1. The number of fused-ring (bicyclic) bond motifs is 1. The number of benzene rings is 2. The van der Waals surface area contributed by atoms with Crippen molar-refractivity contribution in [2.45, 2.75) is 18.9 Å². The zero-order valence-corrected chi connectivity index (χ0v) is 15.0. The molecule has 0 saturated carbocycles. The number of aromatic amines is 1. The van der Waals surface area contributed by atoms with Crippen molar-refractivity contribution >= 4 is 39.5 Å². The Labute approximate surface area is 152 Å². The fourth-order valence-electron chi connectivity index (χ4n) is 3.24. The van der Waals surface area contributed by atoms with Crippen LogP contribution in [0.3, 0.4) is 0 Å². The second kappa shape index (κ2) is 6.16. The number of imidazole rings is 1. The van der Waals surface area contributed by atoms with Crippen LogP contribution in [0, 0.1) is 9.39 Å². The quantitative estimate of drug-likeness (QED) is 0.611. The number of aromatic nitrogens is 2. The first kappa shape index (κ1) is 15.6. The minimum atomic E-state index is -0.391. The summed E-state index contributed by atoms with van der Waals surface area (Å²) in [7, 11) is 0. The summed E-state index contributed by atoms with van der Waals surface area (Å²) in [6, 6.07) is 12.1. The Balaban J connectivity index is 1.69. The van der Waals surface area contributed by atoms with E-state index in [9.17, 15) is 9.18 Å². The third kappa shape index (κ3) is 2.68. The third-order valence-corrected chi connectivity index (χ3v) is 5.34. The van der Waals surface area contributed by atoms with Gasteiger partial charge >= 0.3 is 0 Å². The van der Waals surface area contributed by atoms with E-state index in [2.05, 4.69) is 32.6 Å². The summed E-state index contributed by atoms with van der Waals surface area (Å²) in [5, 5.41) is 0. The largest absolute Gasteiger partial charge is 0.340 e. The van der Waals surface area contributed by atoms with Crippen LogP contribution >= 0.6 is 22.6 Å². The van der Waals surface area contributed by atoms with E-state index < -0.39 is 5.82 Å². The van der Waals surface area contributed by atoms with Gasteiger partial charge in [-0.1, -0.05) is 12.1 Å². The maximum Gasteiger partial charge on any atom is 0.255 e. The number of H-pyrrole nitrogens is 1. The lowest BCUT2D eigenvalue weighted by Crippen LogP contribution is -2.31. The topological polar surface area (TPSA) is 49.0 Å². The molecule has 0 radical (unpaired) electrons. The molecule has 0 spiro atoms. The molecule has 1 atom stereocenters. The van der Waals surface area contributed by atoms with Gasteiger partial charge in [-0.05, 0) is 65.8 Å². The lowest BCUT2D eigenvalue weighted by atomic mass is 10.1. The van der Waals surface area contributed by atoms with Gasteiger partial charge in [-0.3, -0.25) is 4.79 Å². The standard InChI is InChI=1S/C18H15FIN3O/c19-11-7-8-13(20)12(10-11)18(24)23-9-3-6-16(23)17-21-14-4-1-2-5-15(14)22-17/h1-2,4-5,7-8,10,16H,3,6,9H2,(H,21,22). The molecule has 4 rings (SSSR count). The van der Waals surface area contributed by atoms with Gasteiger partial charge in [0.25, 0.3) is 5.91 Å². The number of hydrogen-bond donors (Lipinski definition) is 1. The Morgan fingerprint density at radius 1 is 1.29 bits per heavy atom. The van der Waals surface area contributed by atoms with Gasteiger partial charge in [0.1, 0.15) is 11.6 Å². The van der Waals surface area contributed by atoms with Crippen LogP contribution in [0.25, 0.3) is 11.0 Å². The predicted octanol–water partition coefficient (Wildman–Crippen LogP) is 4.28. The first-order valence-corrected chi connectivity index (χ1v) is 8.92. The highest BCUT2D eigenvalue weighted by Gasteiger charge is 2.33. The third-order valence-electron chi connectivity index (χ3n) is 4.40. The highest BCUT2D eigenvalue weighted by Crippen LogP contribution is 2.33. The van der Waals surface area contributed by atoms with Gasteiger partial charge in [0, 0.05) is 10.1 Å². The lowest BCUT2D eigenvalue weighted by Gasteiger charge is -2.23. The molecule has 1 amide bonds. The Kier molecular flexibility index (Phi) is 3.99. The van der Waals surface area contributed by atoms with E-state index in [-0.39, 0.29) is 11.9 Å². The van der Waals surface area contributed by atoms with E-state index in [0.29, 0.717) is 12.1 Å². The van der Waals surface area contributed by atoms with E-state index >= 15 is 0 Å². The van der Waals surface area contributed by atoms with Gasteiger partial charge in [0.2, 0.25) is 0 Å². The van der Waals surface area contributed by atoms with Gasteiger partial charge in [0.15, 0.2) is 0 Å². The van der Waals surface area contributed by atoms with Crippen LogP contribution in [0.4, 0.5) is 4.39 Å². The molecule has 6 heteroatoms. The van der Waals surface area contributed by atoms with Crippen molar-refractivity contribution in [1.82, 2.24) is 14.9 Å². The van der Waals surface area contributed by atoms with Crippen molar-refractivity contribution in [1.29, 1.82) is 0 Å². The summed E-state index contributed by atoms with van der Waals surface area (Å²) in [5.41, 5.74) is 2.28. The van der Waals surface area contributed by atoms with Crippen LogP contribution in [0.15, 0.2) is 42.5 Å². The van der Waals surface area contributed by atoms with Gasteiger partial charge in [0.05, 0.1) is 22.6 Å². The monoisotopic (exact) mass is 435 g/mol. The van der Waals surface area contributed by atoms with Crippen molar-refractivity contribution in [3.8, 4) is 0 Å². The smallest absolute Gasteiger partial charge is 0.255 e. The number of nitrogens with one attached hydrogen (secondary N) is 1. The van der Waals surface area contributed by atoms with Crippen molar-refractivity contribution in [3.05, 3.63) is 63.2 Å². The van der Waals surface area contributed by atoms with Crippen LogP contribution in [0.5, 0.6) is 0 Å². The van der Waals surface area contributed by atoms with E-state index in [1.54, 1.807) is 11.0 Å². The summed E-state index contributed by atoms with van der Waals surface area (Å²) < 4.78 is 14.3. The van der Waals surface area contributed by atoms with Crippen LogP contribution < -0.4 is 0 Å². The molecule has 1 saturated heterocycles. The average Bonchev–Trinajstić information content (AvgIpc) is 3.22. The van der Waals surface area contributed by atoms with Crippen LogP contribution in [-0.4, -0.2) is 27.3 Å². The normalized spacial score (nSPS) is 17.6. The highest BCUT2D eigenvalue weighted by molar-refractivity contribution is 14.1. The molecular weight excluding hydrogens is 420 g/mol.